The van der Waals surface area contributed by atoms with E-state index in [0.717, 1.165) is 5.56 Å². The molecule has 0 aromatic heterocycles. The molecule has 2 N–H and O–H groups in total. The molecular weight excluding hydrogens is 299 g/mol. The molecule has 0 unspecified atom stereocenters. The van der Waals surface area contributed by atoms with Crippen LogP contribution in [0.3, 0.4) is 0 Å². The van der Waals surface area contributed by atoms with Gasteiger partial charge >= 0.3 is 0 Å². The van der Waals surface area contributed by atoms with Crippen molar-refractivity contribution in [3.05, 3.63) is 53.3 Å². The minimum absolute atomic E-state index is 0.0864. The van der Waals surface area contributed by atoms with Crippen LogP contribution in [0.2, 0.25) is 0 Å². The number of nitrogens with one attached hydrogen (secondary N) is 2. The average Bonchev–Trinajstić information content (AvgIpc) is 2.49. The van der Waals surface area contributed by atoms with E-state index in [2.05, 4.69) is 10.6 Å². The Kier molecular flexibility index (Phi) is 3.97. The van der Waals surface area contributed by atoms with Crippen molar-refractivity contribution in [2.24, 2.45) is 0 Å². The van der Waals surface area contributed by atoms with E-state index in [-0.39, 0.29) is 30.7 Å². The minimum atomic E-state index is -0.342. The molecule has 118 valence electrons. The third-order valence-electron chi connectivity index (χ3n) is 3.41. The Bertz CT molecular complexity index is 772. The van der Waals surface area contributed by atoms with Crippen LogP contribution in [-0.2, 0) is 16.0 Å². The third-order valence-corrected chi connectivity index (χ3v) is 3.41. The topological polar surface area (TPSA) is 67.4 Å². The largest absolute Gasteiger partial charge is 0.479 e. The predicted octanol–water partition coefficient (Wildman–Crippen LogP) is 2.65. The molecule has 1 aliphatic heterocycles. The van der Waals surface area contributed by atoms with Gasteiger partial charge in [-0.15, -0.1) is 0 Å². The summed E-state index contributed by atoms with van der Waals surface area (Å²) in [5.41, 5.74) is 2.64. The zero-order valence-corrected chi connectivity index (χ0v) is 12.5. The van der Waals surface area contributed by atoms with E-state index in [1.165, 1.54) is 12.1 Å². The minimum Gasteiger partial charge on any atom is -0.479 e. The zero-order valence-electron chi connectivity index (χ0n) is 12.5. The quantitative estimate of drug-likeness (QED) is 0.915. The van der Waals surface area contributed by atoms with Gasteiger partial charge < -0.3 is 15.4 Å². The van der Waals surface area contributed by atoms with E-state index in [9.17, 15) is 14.0 Å². The number of carbonyl (C=O) groups excluding carboxylic acids is 2. The van der Waals surface area contributed by atoms with E-state index in [1.54, 1.807) is 24.3 Å². The first-order chi connectivity index (χ1) is 11.0. The predicted molar refractivity (Wildman–Crippen MR) is 84.0 cm³/mol. The molecule has 0 radical (unpaired) electrons. The third kappa shape index (κ3) is 3.48. The Morgan fingerprint density at radius 3 is 2.78 bits per heavy atom. The van der Waals surface area contributed by atoms with E-state index in [1.807, 2.05) is 6.92 Å². The lowest BCUT2D eigenvalue weighted by Crippen LogP contribution is -2.26. The molecule has 1 aliphatic rings. The van der Waals surface area contributed by atoms with Gasteiger partial charge in [0.1, 0.15) is 5.82 Å². The van der Waals surface area contributed by atoms with E-state index >= 15 is 0 Å². The van der Waals surface area contributed by atoms with Crippen LogP contribution in [0.25, 0.3) is 0 Å². The summed E-state index contributed by atoms with van der Waals surface area (Å²) in [5.74, 6) is -0.370. The van der Waals surface area contributed by atoms with Crippen molar-refractivity contribution in [3.8, 4) is 5.75 Å². The number of ether oxygens (including phenoxy) is 1. The van der Waals surface area contributed by atoms with Crippen LogP contribution in [0, 0.1) is 12.7 Å². The maximum atomic E-state index is 12.9. The monoisotopic (exact) mass is 314 g/mol. The molecule has 5 nitrogen and oxygen atoms in total. The number of fused-ring (bicyclic) bond motifs is 1. The van der Waals surface area contributed by atoms with E-state index in [4.69, 9.17) is 4.74 Å². The molecule has 3 rings (SSSR count). The number of benzene rings is 2. The van der Waals surface area contributed by atoms with Gasteiger partial charge in [0.25, 0.3) is 5.91 Å². The molecule has 23 heavy (non-hydrogen) atoms. The first kappa shape index (κ1) is 15.0. The molecular formula is C17H15FN2O3. The van der Waals surface area contributed by atoms with E-state index < -0.39 is 0 Å². The van der Waals surface area contributed by atoms with Crippen molar-refractivity contribution in [1.82, 2.24) is 0 Å². The number of hydrogen-bond donors (Lipinski definition) is 2. The van der Waals surface area contributed by atoms with Gasteiger partial charge in [-0.1, -0.05) is 12.1 Å². The number of halogens is 1. The Balaban J connectivity index is 1.78. The molecule has 2 aromatic carbocycles. The van der Waals surface area contributed by atoms with Crippen LogP contribution in [0.1, 0.15) is 11.1 Å². The molecule has 1 heterocycles. The maximum absolute atomic E-state index is 12.9. The smallest absolute Gasteiger partial charge is 0.262 e. The molecule has 0 saturated heterocycles. The second-order valence-electron chi connectivity index (χ2n) is 5.38. The molecule has 6 heteroatoms. The summed E-state index contributed by atoms with van der Waals surface area (Å²) >= 11 is 0. The second-order valence-corrected chi connectivity index (χ2v) is 5.38. The second kappa shape index (κ2) is 6.08. The van der Waals surface area contributed by atoms with Crippen LogP contribution in [0.4, 0.5) is 15.8 Å². The number of rotatable bonds is 3. The standard InChI is InChI=1S/C17H15FN2O3/c1-10-6-13(17-14(7-10)20-16(22)9-23-17)19-15(21)8-11-2-4-12(18)5-3-11/h2-7H,8-9H2,1H3,(H,19,21)(H,20,22). The summed E-state index contributed by atoms with van der Waals surface area (Å²) in [6.07, 6.45) is 0.120. The molecule has 0 spiro atoms. The molecule has 0 fully saturated rings. The number of hydrogen-bond acceptors (Lipinski definition) is 3. The summed E-state index contributed by atoms with van der Waals surface area (Å²) in [4.78, 5) is 23.6. The SMILES string of the molecule is Cc1cc2c(c(NC(=O)Cc3ccc(F)cc3)c1)OCC(=O)N2. The van der Waals surface area contributed by atoms with Crippen molar-refractivity contribution in [3.63, 3.8) is 0 Å². The van der Waals surface area contributed by atoms with Crippen LogP contribution >= 0.6 is 0 Å². The molecule has 2 aromatic rings. The summed E-state index contributed by atoms with van der Waals surface area (Å²) in [5, 5.41) is 5.49. The van der Waals surface area contributed by atoms with Crippen LogP contribution in [0.15, 0.2) is 36.4 Å². The average molecular weight is 314 g/mol. The zero-order chi connectivity index (χ0) is 16.4. The summed E-state index contributed by atoms with van der Waals surface area (Å²) in [7, 11) is 0. The van der Waals surface area contributed by atoms with Crippen molar-refractivity contribution >= 4 is 23.2 Å². The fourth-order valence-electron chi connectivity index (χ4n) is 2.42. The van der Waals surface area contributed by atoms with Gasteiger partial charge in [0, 0.05) is 0 Å². The number of amides is 2. The van der Waals surface area contributed by atoms with Crippen molar-refractivity contribution in [2.75, 3.05) is 17.2 Å². The van der Waals surface area contributed by atoms with Gasteiger partial charge in [-0.3, -0.25) is 9.59 Å². The van der Waals surface area contributed by atoms with Gasteiger partial charge in [0.05, 0.1) is 17.8 Å². The van der Waals surface area contributed by atoms with Gasteiger partial charge in [-0.25, -0.2) is 4.39 Å². The summed E-state index contributed by atoms with van der Waals surface area (Å²) in [6.45, 7) is 1.77. The highest BCUT2D eigenvalue weighted by molar-refractivity contribution is 6.00. The van der Waals surface area contributed by atoms with Gasteiger partial charge in [-0.05, 0) is 42.3 Å². The van der Waals surface area contributed by atoms with Gasteiger partial charge in [0.15, 0.2) is 12.4 Å². The van der Waals surface area contributed by atoms with Crippen molar-refractivity contribution in [1.29, 1.82) is 0 Å². The Hall–Kier alpha value is -2.89. The Morgan fingerprint density at radius 1 is 1.30 bits per heavy atom. The fraction of sp³-hybridized carbons (Fsp3) is 0.176. The fourth-order valence-corrected chi connectivity index (χ4v) is 2.42. The first-order valence-corrected chi connectivity index (χ1v) is 7.13. The van der Waals surface area contributed by atoms with Crippen LogP contribution in [-0.4, -0.2) is 18.4 Å². The van der Waals surface area contributed by atoms with Crippen LogP contribution in [0.5, 0.6) is 5.75 Å². The lowest BCUT2D eigenvalue weighted by Gasteiger charge is -2.21. The first-order valence-electron chi connectivity index (χ1n) is 7.13. The normalized spacial score (nSPS) is 12.9. The number of aryl methyl sites for hydroxylation is 1. The van der Waals surface area contributed by atoms with Crippen LogP contribution < -0.4 is 15.4 Å². The summed E-state index contributed by atoms with van der Waals surface area (Å²) < 4.78 is 18.3. The Labute approximate surface area is 132 Å². The molecule has 0 saturated carbocycles. The molecule has 0 aliphatic carbocycles. The van der Waals surface area contributed by atoms with Crippen molar-refractivity contribution in [2.45, 2.75) is 13.3 Å². The number of anilines is 2. The molecule has 0 atom stereocenters. The highest BCUT2D eigenvalue weighted by Gasteiger charge is 2.21. The Morgan fingerprint density at radius 2 is 2.04 bits per heavy atom. The van der Waals surface area contributed by atoms with E-state index in [0.29, 0.717) is 22.7 Å². The lowest BCUT2D eigenvalue weighted by atomic mass is 10.1. The number of carbonyl (C=O) groups is 2. The lowest BCUT2D eigenvalue weighted by molar-refractivity contribution is -0.118. The molecule has 0 bridgehead atoms. The molecule has 2 amide bonds. The van der Waals surface area contributed by atoms with Crippen molar-refractivity contribution < 1.29 is 18.7 Å². The maximum Gasteiger partial charge on any atom is 0.262 e. The highest BCUT2D eigenvalue weighted by Crippen LogP contribution is 2.37. The summed E-state index contributed by atoms with van der Waals surface area (Å²) in [6, 6.07) is 9.32. The highest BCUT2D eigenvalue weighted by atomic mass is 19.1. The van der Waals surface area contributed by atoms with Gasteiger partial charge in [0.2, 0.25) is 5.91 Å². The van der Waals surface area contributed by atoms with Gasteiger partial charge in [-0.2, -0.15) is 0 Å².